The van der Waals surface area contributed by atoms with Gasteiger partial charge in [0, 0.05) is 19.7 Å². The summed E-state index contributed by atoms with van der Waals surface area (Å²) in [4.78, 5) is 25.6. The van der Waals surface area contributed by atoms with Crippen molar-refractivity contribution in [2.45, 2.75) is 43.8 Å². The van der Waals surface area contributed by atoms with Crippen LogP contribution in [0.1, 0.15) is 18.4 Å². The fourth-order valence-electron chi connectivity index (χ4n) is 3.49. The molecule has 1 aromatic carbocycles. The third-order valence-electron chi connectivity index (χ3n) is 4.95. The SMILES string of the molecule is CN(C)[C@@H]1CN(C(=O)NCc2ccccc2)[C@@H]2CCCO[C@H]12.O=C(O)C(F)(F)F. The molecule has 3 rings (SSSR count). The predicted molar refractivity (Wildman–Crippen MR) is 99.3 cm³/mol. The smallest absolute Gasteiger partial charge is 0.475 e. The lowest BCUT2D eigenvalue weighted by molar-refractivity contribution is -0.192. The molecular formula is C19H26F3N3O4. The molecule has 0 radical (unpaired) electrons. The minimum atomic E-state index is -5.08. The number of carbonyl (C=O) groups excluding carboxylic acids is 1. The average molecular weight is 417 g/mol. The highest BCUT2D eigenvalue weighted by atomic mass is 19.4. The number of nitrogens with one attached hydrogen (secondary N) is 1. The number of fused-ring (bicyclic) bond motifs is 1. The maximum Gasteiger partial charge on any atom is 0.490 e. The summed E-state index contributed by atoms with van der Waals surface area (Å²) in [6, 6.07) is 10.5. The zero-order chi connectivity index (χ0) is 21.6. The Morgan fingerprint density at radius 2 is 1.90 bits per heavy atom. The number of likely N-dealkylation sites (tertiary alicyclic amines) is 1. The Labute approximate surface area is 167 Å². The van der Waals surface area contributed by atoms with E-state index in [4.69, 9.17) is 14.6 Å². The van der Waals surface area contributed by atoms with E-state index in [1.807, 2.05) is 35.2 Å². The van der Waals surface area contributed by atoms with Gasteiger partial charge in [-0.2, -0.15) is 13.2 Å². The molecule has 2 aliphatic heterocycles. The molecule has 162 valence electrons. The van der Waals surface area contributed by atoms with Crippen LogP contribution in [-0.4, -0.2) is 78.5 Å². The number of rotatable bonds is 3. The number of hydrogen-bond acceptors (Lipinski definition) is 4. The van der Waals surface area contributed by atoms with Crippen LogP contribution in [-0.2, 0) is 16.1 Å². The molecule has 7 nitrogen and oxygen atoms in total. The lowest BCUT2D eigenvalue weighted by atomic mass is 10.0. The van der Waals surface area contributed by atoms with Gasteiger partial charge < -0.3 is 25.0 Å². The van der Waals surface area contributed by atoms with Crippen molar-refractivity contribution in [2.24, 2.45) is 0 Å². The van der Waals surface area contributed by atoms with Gasteiger partial charge in [-0.3, -0.25) is 0 Å². The molecule has 2 amide bonds. The third-order valence-corrected chi connectivity index (χ3v) is 4.95. The van der Waals surface area contributed by atoms with Crippen LogP contribution in [0.25, 0.3) is 0 Å². The Hall–Kier alpha value is -2.33. The highest BCUT2D eigenvalue weighted by molar-refractivity contribution is 5.75. The second-order valence-electron chi connectivity index (χ2n) is 7.18. The van der Waals surface area contributed by atoms with Crippen LogP contribution in [0.15, 0.2) is 30.3 Å². The van der Waals surface area contributed by atoms with Crippen molar-refractivity contribution in [2.75, 3.05) is 27.2 Å². The molecule has 0 saturated carbocycles. The Morgan fingerprint density at radius 1 is 1.28 bits per heavy atom. The van der Waals surface area contributed by atoms with Gasteiger partial charge in [0.2, 0.25) is 0 Å². The van der Waals surface area contributed by atoms with Crippen molar-refractivity contribution >= 4 is 12.0 Å². The lowest BCUT2D eigenvalue weighted by Gasteiger charge is -2.33. The highest BCUT2D eigenvalue weighted by Gasteiger charge is 2.46. The first-order valence-corrected chi connectivity index (χ1v) is 9.27. The summed E-state index contributed by atoms with van der Waals surface area (Å²) < 4.78 is 37.7. The Morgan fingerprint density at radius 3 is 2.45 bits per heavy atom. The number of amides is 2. The number of carboxylic acids is 1. The van der Waals surface area contributed by atoms with Gasteiger partial charge in [0.25, 0.3) is 0 Å². The maximum absolute atomic E-state index is 12.6. The van der Waals surface area contributed by atoms with Gasteiger partial charge in [-0.1, -0.05) is 30.3 Å². The first-order chi connectivity index (χ1) is 13.6. The minimum Gasteiger partial charge on any atom is -0.475 e. The van der Waals surface area contributed by atoms with E-state index in [0.717, 1.165) is 31.6 Å². The van der Waals surface area contributed by atoms with Crippen molar-refractivity contribution in [1.82, 2.24) is 15.1 Å². The maximum atomic E-state index is 12.6. The van der Waals surface area contributed by atoms with E-state index in [1.165, 1.54) is 0 Å². The number of halogens is 3. The van der Waals surface area contributed by atoms with Gasteiger partial charge in [-0.15, -0.1) is 0 Å². The number of hydrogen-bond donors (Lipinski definition) is 2. The van der Waals surface area contributed by atoms with Crippen molar-refractivity contribution < 1.29 is 32.6 Å². The zero-order valence-electron chi connectivity index (χ0n) is 16.4. The topological polar surface area (TPSA) is 82.1 Å². The summed E-state index contributed by atoms with van der Waals surface area (Å²) in [5.74, 6) is -2.76. The van der Waals surface area contributed by atoms with E-state index in [2.05, 4.69) is 24.3 Å². The van der Waals surface area contributed by atoms with E-state index in [-0.39, 0.29) is 24.2 Å². The molecule has 2 heterocycles. The highest BCUT2D eigenvalue weighted by Crippen LogP contribution is 2.30. The molecule has 10 heteroatoms. The van der Waals surface area contributed by atoms with Gasteiger partial charge in [-0.05, 0) is 32.5 Å². The van der Waals surface area contributed by atoms with Crippen LogP contribution in [0, 0.1) is 0 Å². The first kappa shape index (κ1) is 23.0. The number of nitrogens with zero attached hydrogens (tertiary/aromatic N) is 2. The van der Waals surface area contributed by atoms with Gasteiger partial charge >= 0.3 is 18.2 Å². The quantitative estimate of drug-likeness (QED) is 0.789. The minimum absolute atomic E-state index is 0.0219. The molecule has 1 aromatic rings. The number of carboxylic acid groups (broad SMARTS) is 1. The second-order valence-corrected chi connectivity index (χ2v) is 7.18. The monoisotopic (exact) mass is 417 g/mol. The van der Waals surface area contributed by atoms with Crippen LogP contribution in [0.5, 0.6) is 0 Å². The summed E-state index contributed by atoms with van der Waals surface area (Å²) in [6.45, 7) is 2.12. The first-order valence-electron chi connectivity index (χ1n) is 9.27. The van der Waals surface area contributed by atoms with Crippen LogP contribution in [0.4, 0.5) is 18.0 Å². The number of aliphatic carboxylic acids is 1. The summed E-state index contributed by atoms with van der Waals surface area (Å²) >= 11 is 0. The molecule has 0 aromatic heterocycles. The van der Waals surface area contributed by atoms with Gasteiger partial charge in [0.1, 0.15) is 0 Å². The zero-order valence-corrected chi connectivity index (χ0v) is 16.4. The molecule has 0 unspecified atom stereocenters. The largest absolute Gasteiger partial charge is 0.490 e. The van der Waals surface area contributed by atoms with Crippen LogP contribution in [0.3, 0.4) is 0 Å². The number of ether oxygens (including phenoxy) is 1. The summed E-state index contributed by atoms with van der Waals surface area (Å²) in [7, 11) is 4.12. The molecule has 2 fully saturated rings. The van der Waals surface area contributed by atoms with Crippen LogP contribution < -0.4 is 5.32 Å². The molecular weight excluding hydrogens is 391 g/mol. The predicted octanol–water partition coefficient (Wildman–Crippen LogP) is 2.32. The van der Waals surface area contributed by atoms with E-state index < -0.39 is 12.1 Å². The number of benzene rings is 1. The van der Waals surface area contributed by atoms with Gasteiger partial charge in [-0.25, -0.2) is 9.59 Å². The lowest BCUT2D eigenvalue weighted by Crippen LogP contribution is -2.47. The van der Waals surface area contributed by atoms with E-state index in [9.17, 15) is 18.0 Å². The van der Waals surface area contributed by atoms with E-state index in [0.29, 0.717) is 6.54 Å². The number of carbonyl (C=O) groups is 2. The molecule has 3 atom stereocenters. The van der Waals surface area contributed by atoms with Gasteiger partial charge in [0.05, 0.1) is 18.2 Å². The molecule has 0 bridgehead atoms. The van der Waals surface area contributed by atoms with E-state index >= 15 is 0 Å². The molecule has 0 spiro atoms. The van der Waals surface area contributed by atoms with Crippen molar-refractivity contribution in [3.8, 4) is 0 Å². The second kappa shape index (κ2) is 9.93. The number of urea groups is 1. The van der Waals surface area contributed by atoms with Crippen LogP contribution >= 0.6 is 0 Å². The third kappa shape index (κ3) is 6.33. The molecule has 29 heavy (non-hydrogen) atoms. The number of likely N-dealkylation sites (N-methyl/N-ethyl adjacent to an activating group) is 1. The summed E-state index contributed by atoms with van der Waals surface area (Å²) in [5.41, 5.74) is 1.12. The Kier molecular flexibility index (Phi) is 7.86. The van der Waals surface area contributed by atoms with E-state index in [1.54, 1.807) is 0 Å². The molecule has 2 aliphatic rings. The fraction of sp³-hybridized carbons (Fsp3) is 0.579. The molecule has 2 N–H and O–H groups in total. The Bertz CT molecular complexity index is 685. The summed E-state index contributed by atoms with van der Waals surface area (Å²) in [5, 5.41) is 10.2. The van der Waals surface area contributed by atoms with Crippen molar-refractivity contribution in [3.63, 3.8) is 0 Å². The molecule has 0 aliphatic carbocycles. The van der Waals surface area contributed by atoms with Gasteiger partial charge in [0.15, 0.2) is 0 Å². The Balaban J connectivity index is 0.000000370. The fourth-order valence-corrected chi connectivity index (χ4v) is 3.49. The van der Waals surface area contributed by atoms with Crippen LogP contribution in [0.2, 0.25) is 0 Å². The molecule has 2 saturated heterocycles. The summed E-state index contributed by atoms with van der Waals surface area (Å²) in [6.07, 6.45) is -2.87. The average Bonchev–Trinajstić information content (AvgIpc) is 3.07. The van der Waals surface area contributed by atoms with Crippen molar-refractivity contribution in [3.05, 3.63) is 35.9 Å². The standard InChI is InChI=1S/C17H25N3O2.C2HF3O2/c1-19(2)15-12-20(14-9-6-10-22-16(14)15)17(21)18-11-13-7-4-3-5-8-13;3-2(4,5)1(6)7/h3-5,7-8,14-16H,6,9-12H2,1-2H3,(H,18,21);(H,6,7)/t14-,15-,16+;/m1./s1. The normalized spacial score (nSPS) is 23.8. The van der Waals surface area contributed by atoms with Crippen molar-refractivity contribution in [1.29, 1.82) is 0 Å². The number of alkyl halides is 3.